The number of methoxy groups -OCH3 is 1. The Hall–Kier alpha value is -2.68. The van der Waals surface area contributed by atoms with Crippen molar-refractivity contribution in [3.63, 3.8) is 0 Å². The summed E-state index contributed by atoms with van der Waals surface area (Å²) in [5, 5.41) is 0. The number of carbonyl (C=O) groups is 2. The van der Waals surface area contributed by atoms with E-state index in [2.05, 4.69) is 0 Å². The van der Waals surface area contributed by atoms with Crippen LogP contribution in [0.1, 0.15) is 23.5 Å². The van der Waals surface area contributed by atoms with Crippen LogP contribution in [0.5, 0.6) is 0 Å². The smallest absolute Gasteiger partial charge is 0.317 e. The molecular weight excluding hydrogens is 288 g/mol. The van der Waals surface area contributed by atoms with Gasteiger partial charge < -0.3 is 4.74 Å². The van der Waals surface area contributed by atoms with Gasteiger partial charge in [-0.15, -0.1) is 0 Å². The summed E-state index contributed by atoms with van der Waals surface area (Å²) >= 11 is 0. The molecule has 2 atom stereocenters. The zero-order valence-electron chi connectivity index (χ0n) is 12.9. The fraction of sp³-hybridized carbons (Fsp3) is 0.200. The molecule has 2 aromatic carbocycles. The standard InChI is InChI=1S/C20H18O3/c1-23-20(22)19-17(15-10-6-3-7-11-15)12-16(13-18(19)21)14-8-4-2-5-9-14/h2-11,13,17,19H,12H2,1H3/t17-,19-/m0/s1. The lowest BCUT2D eigenvalue weighted by Crippen LogP contribution is -2.33. The number of benzene rings is 2. The van der Waals surface area contributed by atoms with E-state index >= 15 is 0 Å². The third kappa shape index (κ3) is 3.09. The average molecular weight is 306 g/mol. The Morgan fingerprint density at radius 1 is 1.00 bits per heavy atom. The number of rotatable bonds is 3. The highest BCUT2D eigenvalue weighted by Gasteiger charge is 2.39. The Balaban J connectivity index is 2.03. The van der Waals surface area contributed by atoms with Crippen LogP contribution in [0.2, 0.25) is 0 Å². The Morgan fingerprint density at radius 3 is 2.22 bits per heavy atom. The highest BCUT2D eigenvalue weighted by molar-refractivity contribution is 6.10. The second-order valence-electron chi connectivity index (χ2n) is 5.66. The van der Waals surface area contributed by atoms with Crippen molar-refractivity contribution in [1.82, 2.24) is 0 Å². The predicted octanol–water partition coefficient (Wildman–Crippen LogP) is 3.62. The summed E-state index contributed by atoms with van der Waals surface area (Å²) in [5.74, 6) is -1.62. The minimum Gasteiger partial charge on any atom is -0.468 e. The van der Waals surface area contributed by atoms with Gasteiger partial charge in [-0.3, -0.25) is 9.59 Å². The minimum absolute atomic E-state index is 0.184. The number of allylic oxidation sites excluding steroid dienone is 2. The van der Waals surface area contributed by atoms with Crippen molar-refractivity contribution in [2.24, 2.45) is 5.92 Å². The molecule has 0 saturated carbocycles. The monoisotopic (exact) mass is 306 g/mol. The molecule has 0 unspecified atom stereocenters. The summed E-state index contributed by atoms with van der Waals surface area (Å²) in [7, 11) is 1.33. The molecule has 1 aliphatic rings. The van der Waals surface area contributed by atoms with E-state index in [1.54, 1.807) is 6.08 Å². The van der Waals surface area contributed by atoms with Gasteiger partial charge >= 0.3 is 5.97 Å². The van der Waals surface area contributed by atoms with Crippen molar-refractivity contribution in [2.75, 3.05) is 7.11 Å². The molecule has 23 heavy (non-hydrogen) atoms. The number of ether oxygens (including phenoxy) is 1. The third-order valence-electron chi connectivity index (χ3n) is 4.29. The van der Waals surface area contributed by atoms with E-state index in [0.29, 0.717) is 6.42 Å². The molecule has 0 heterocycles. The zero-order valence-corrected chi connectivity index (χ0v) is 12.9. The molecule has 116 valence electrons. The van der Waals surface area contributed by atoms with Crippen LogP contribution in [0, 0.1) is 5.92 Å². The van der Waals surface area contributed by atoms with Crippen molar-refractivity contribution >= 4 is 17.3 Å². The molecule has 3 nitrogen and oxygen atoms in total. The molecular formula is C20H18O3. The lowest BCUT2D eigenvalue weighted by atomic mass is 9.73. The molecule has 0 amide bonds. The first-order valence-electron chi connectivity index (χ1n) is 7.63. The summed E-state index contributed by atoms with van der Waals surface area (Å²) in [6.07, 6.45) is 2.23. The van der Waals surface area contributed by atoms with Gasteiger partial charge in [0.15, 0.2) is 5.78 Å². The van der Waals surface area contributed by atoms with Gasteiger partial charge in [0, 0.05) is 5.92 Å². The Morgan fingerprint density at radius 2 is 1.61 bits per heavy atom. The molecule has 0 spiro atoms. The summed E-state index contributed by atoms with van der Waals surface area (Å²) in [5.41, 5.74) is 2.97. The van der Waals surface area contributed by atoms with E-state index in [1.165, 1.54) is 7.11 Å². The third-order valence-corrected chi connectivity index (χ3v) is 4.29. The second-order valence-corrected chi connectivity index (χ2v) is 5.66. The van der Waals surface area contributed by atoms with Crippen molar-refractivity contribution in [1.29, 1.82) is 0 Å². The Kier molecular flexibility index (Phi) is 4.38. The van der Waals surface area contributed by atoms with E-state index in [4.69, 9.17) is 4.74 Å². The molecule has 0 fully saturated rings. The van der Waals surface area contributed by atoms with Crippen molar-refractivity contribution in [2.45, 2.75) is 12.3 Å². The fourth-order valence-electron chi connectivity index (χ4n) is 3.14. The number of esters is 1. The molecule has 3 rings (SSSR count). The average Bonchev–Trinajstić information content (AvgIpc) is 2.62. The van der Waals surface area contributed by atoms with Crippen molar-refractivity contribution < 1.29 is 14.3 Å². The maximum absolute atomic E-state index is 12.6. The molecule has 2 aromatic rings. The molecule has 0 N–H and O–H groups in total. The van der Waals surface area contributed by atoms with Gasteiger partial charge in [-0.1, -0.05) is 60.7 Å². The maximum Gasteiger partial charge on any atom is 0.317 e. The molecule has 1 aliphatic carbocycles. The molecule has 0 radical (unpaired) electrons. The lowest BCUT2D eigenvalue weighted by Gasteiger charge is -2.29. The molecule has 0 aliphatic heterocycles. The summed E-state index contributed by atoms with van der Waals surface area (Å²) < 4.78 is 4.86. The van der Waals surface area contributed by atoms with Crippen LogP contribution in [0.3, 0.4) is 0 Å². The largest absolute Gasteiger partial charge is 0.468 e. The number of hydrogen-bond donors (Lipinski definition) is 0. The van der Waals surface area contributed by atoms with Crippen LogP contribution >= 0.6 is 0 Å². The van der Waals surface area contributed by atoms with Gasteiger partial charge in [0.25, 0.3) is 0 Å². The van der Waals surface area contributed by atoms with Gasteiger partial charge in [0.1, 0.15) is 5.92 Å². The van der Waals surface area contributed by atoms with E-state index in [-0.39, 0.29) is 11.7 Å². The van der Waals surface area contributed by atoms with Gasteiger partial charge in [-0.25, -0.2) is 0 Å². The van der Waals surface area contributed by atoms with Gasteiger partial charge in [-0.05, 0) is 29.2 Å². The highest BCUT2D eigenvalue weighted by atomic mass is 16.5. The van der Waals surface area contributed by atoms with Crippen molar-refractivity contribution in [3.05, 3.63) is 77.9 Å². The van der Waals surface area contributed by atoms with E-state index < -0.39 is 11.9 Å². The van der Waals surface area contributed by atoms with E-state index in [1.807, 2.05) is 60.7 Å². The molecule has 0 saturated heterocycles. The van der Waals surface area contributed by atoms with Gasteiger partial charge in [0.05, 0.1) is 7.11 Å². The first-order valence-corrected chi connectivity index (χ1v) is 7.63. The second kappa shape index (κ2) is 6.61. The highest BCUT2D eigenvalue weighted by Crippen LogP contribution is 2.40. The number of carbonyl (C=O) groups excluding carboxylic acids is 2. The summed E-state index contributed by atoms with van der Waals surface area (Å²) in [4.78, 5) is 24.7. The van der Waals surface area contributed by atoms with E-state index in [0.717, 1.165) is 16.7 Å². The van der Waals surface area contributed by atoms with Gasteiger partial charge in [0.2, 0.25) is 0 Å². The lowest BCUT2D eigenvalue weighted by molar-refractivity contribution is -0.149. The summed E-state index contributed by atoms with van der Waals surface area (Å²) in [6.45, 7) is 0. The topological polar surface area (TPSA) is 43.4 Å². The molecule has 0 bridgehead atoms. The maximum atomic E-state index is 12.6. The zero-order chi connectivity index (χ0) is 16.2. The van der Waals surface area contributed by atoms with Gasteiger partial charge in [-0.2, -0.15) is 0 Å². The van der Waals surface area contributed by atoms with Crippen LogP contribution in [-0.4, -0.2) is 18.9 Å². The Bertz CT molecular complexity index is 732. The summed E-state index contributed by atoms with van der Waals surface area (Å²) in [6, 6.07) is 19.5. The first-order chi connectivity index (χ1) is 11.2. The van der Waals surface area contributed by atoms with Crippen LogP contribution in [0.15, 0.2) is 66.7 Å². The normalized spacial score (nSPS) is 20.7. The van der Waals surface area contributed by atoms with Crippen LogP contribution in [0.25, 0.3) is 5.57 Å². The SMILES string of the molecule is COC(=O)[C@@H]1C(=O)C=C(c2ccccc2)C[C@H]1c1ccccc1. The number of ketones is 1. The predicted molar refractivity (Wildman–Crippen MR) is 88.7 cm³/mol. The first kappa shape index (κ1) is 15.2. The Labute approximate surface area is 135 Å². The van der Waals surface area contributed by atoms with Crippen LogP contribution in [0.4, 0.5) is 0 Å². The quantitative estimate of drug-likeness (QED) is 0.642. The van der Waals surface area contributed by atoms with Crippen LogP contribution < -0.4 is 0 Å². The molecule has 3 heteroatoms. The van der Waals surface area contributed by atoms with Crippen molar-refractivity contribution in [3.8, 4) is 0 Å². The van der Waals surface area contributed by atoms with Crippen LogP contribution in [-0.2, 0) is 14.3 Å². The molecule has 0 aromatic heterocycles. The number of hydrogen-bond acceptors (Lipinski definition) is 3. The minimum atomic E-state index is -0.769. The van der Waals surface area contributed by atoms with E-state index in [9.17, 15) is 9.59 Å². The fourth-order valence-corrected chi connectivity index (χ4v) is 3.14.